The molecule has 0 atom stereocenters. The Morgan fingerprint density at radius 1 is 1.33 bits per heavy atom. The third-order valence-electron chi connectivity index (χ3n) is 3.72. The van der Waals surface area contributed by atoms with Gasteiger partial charge in [0, 0.05) is 43.2 Å². The molecule has 3 rings (SSSR count). The molecule has 0 spiro atoms. The van der Waals surface area contributed by atoms with Crippen molar-refractivity contribution in [3.63, 3.8) is 0 Å². The topological polar surface area (TPSA) is 73.9 Å². The average Bonchev–Trinajstić information content (AvgIpc) is 3.20. The summed E-state index contributed by atoms with van der Waals surface area (Å²) >= 11 is 0. The fraction of sp³-hybridized carbons (Fsp3) is 0.400. The minimum atomic E-state index is 0.180. The van der Waals surface area contributed by atoms with Crippen LogP contribution in [0.4, 0.5) is 0 Å². The Morgan fingerprint density at radius 3 is 2.95 bits per heavy atom. The molecule has 1 aliphatic heterocycles. The monoisotopic (exact) mass is 285 g/mol. The number of carbonyl (C=O) groups is 1. The van der Waals surface area contributed by atoms with Crippen molar-refractivity contribution in [1.29, 1.82) is 0 Å². The number of H-pyrrole nitrogens is 1. The molecular formula is C15H19N5O. The van der Waals surface area contributed by atoms with Crippen LogP contribution in [0.15, 0.2) is 30.7 Å². The highest BCUT2D eigenvalue weighted by molar-refractivity contribution is 5.78. The average molecular weight is 285 g/mol. The van der Waals surface area contributed by atoms with Crippen LogP contribution in [0.25, 0.3) is 11.3 Å². The van der Waals surface area contributed by atoms with Crippen molar-refractivity contribution < 1.29 is 4.79 Å². The molecule has 2 aromatic rings. The predicted molar refractivity (Wildman–Crippen MR) is 79.3 cm³/mol. The first kappa shape index (κ1) is 13.8. The third kappa shape index (κ3) is 3.28. The van der Waals surface area contributed by atoms with Gasteiger partial charge in [-0.2, -0.15) is 5.10 Å². The van der Waals surface area contributed by atoms with Crippen molar-refractivity contribution in [1.82, 2.24) is 25.4 Å². The normalized spacial score (nSPS) is 14.6. The molecule has 1 saturated heterocycles. The van der Waals surface area contributed by atoms with Gasteiger partial charge < -0.3 is 10.2 Å². The fourth-order valence-corrected chi connectivity index (χ4v) is 2.59. The molecule has 6 nitrogen and oxygen atoms in total. The molecular weight excluding hydrogens is 266 g/mol. The highest BCUT2D eigenvalue weighted by Gasteiger charge is 2.17. The number of pyridine rings is 1. The molecule has 21 heavy (non-hydrogen) atoms. The number of nitrogens with zero attached hydrogens (tertiary/aromatic N) is 3. The first-order chi connectivity index (χ1) is 10.3. The first-order valence-electron chi connectivity index (χ1n) is 7.26. The van der Waals surface area contributed by atoms with Crippen LogP contribution in [0.1, 0.15) is 18.4 Å². The molecule has 0 aromatic carbocycles. The largest absolute Gasteiger partial charge is 0.342 e. The summed E-state index contributed by atoms with van der Waals surface area (Å²) < 4.78 is 0. The molecule has 1 amide bonds. The lowest BCUT2D eigenvalue weighted by Gasteiger charge is -2.15. The van der Waals surface area contributed by atoms with E-state index in [0.29, 0.717) is 13.1 Å². The number of rotatable bonds is 5. The molecule has 2 N–H and O–H groups in total. The van der Waals surface area contributed by atoms with Gasteiger partial charge in [0.25, 0.3) is 0 Å². The van der Waals surface area contributed by atoms with Crippen molar-refractivity contribution in [3.8, 4) is 11.3 Å². The highest BCUT2D eigenvalue weighted by Crippen LogP contribution is 2.19. The van der Waals surface area contributed by atoms with Crippen LogP contribution in [0.5, 0.6) is 0 Å². The maximum absolute atomic E-state index is 12.0. The number of hydrogen-bond donors (Lipinski definition) is 2. The number of nitrogens with one attached hydrogen (secondary N) is 2. The van der Waals surface area contributed by atoms with Crippen LogP contribution in [-0.4, -0.2) is 45.6 Å². The van der Waals surface area contributed by atoms with Gasteiger partial charge in [0.1, 0.15) is 0 Å². The van der Waals surface area contributed by atoms with Crippen LogP contribution in [-0.2, 0) is 11.3 Å². The quantitative estimate of drug-likeness (QED) is 0.865. The van der Waals surface area contributed by atoms with E-state index in [4.69, 9.17) is 0 Å². The highest BCUT2D eigenvalue weighted by atomic mass is 16.2. The summed E-state index contributed by atoms with van der Waals surface area (Å²) in [6, 6.07) is 3.88. The van der Waals surface area contributed by atoms with Gasteiger partial charge in [-0.05, 0) is 25.0 Å². The van der Waals surface area contributed by atoms with Gasteiger partial charge in [0.2, 0.25) is 5.91 Å². The minimum Gasteiger partial charge on any atom is -0.342 e. The van der Waals surface area contributed by atoms with Crippen LogP contribution in [0, 0.1) is 0 Å². The number of hydrogen-bond acceptors (Lipinski definition) is 4. The molecule has 0 bridgehead atoms. The Kier molecular flexibility index (Phi) is 4.25. The maximum atomic E-state index is 12.0. The Balaban J connectivity index is 1.56. The first-order valence-corrected chi connectivity index (χ1v) is 7.26. The third-order valence-corrected chi connectivity index (χ3v) is 3.72. The molecule has 3 heterocycles. The summed E-state index contributed by atoms with van der Waals surface area (Å²) in [5, 5.41) is 10.3. The fourth-order valence-electron chi connectivity index (χ4n) is 2.59. The van der Waals surface area contributed by atoms with Gasteiger partial charge in [0.05, 0.1) is 18.4 Å². The van der Waals surface area contributed by atoms with Crippen molar-refractivity contribution in [2.45, 2.75) is 19.4 Å². The lowest BCUT2D eigenvalue weighted by Crippen LogP contribution is -2.35. The number of carbonyl (C=O) groups excluding carboxylic acids is 1. The number of aromatic amines is 1. The van der Waals surface area contributed by atoms with E-state index in [2.05, 4.69) is 20.5 Å². The van der Waals surface area contributed by atoms with Gasteiger partial charge in [-0.25, -0.2) is 0 Å². The molecule has 0 saturated carbocycles. The summed E-state index contributed by atoms with van der Waals surface area (Å²) in [7, 11) is 0. The van der Waals surface area contributed by atoms with Crippen molar-refractivity contribution >= 4 is 5.91 Å². The van der Waals surface area contributed by atoms with E-state index in [-0.39, 0.29) is 5.91 Å². The van der Waals surface area contributed by atoms with E-state index in [9.17, 15) is 4.79 Å². The van der Waals surface area contributed by atoms with E-state index in [1.54, 1.807) is 18.6 Å². The summed E-state index contributed by atoms with van der Waals surface area (Å²) in [5.74, 6) is 0.180. The van der Waals surface area contributed by atoms with Gasteiger partial charge in [-0.1, -0.05) is 0 Å². The summed E-state index contributed by atoms with van der Waals surface area (Å²) in [5.41, 5.74) is 2.99. The second-order valence-electron chi connectivity index (χ2n) is 5.20. The van der Waals surface area contributed by atoms with Gasteiger partial charge >= 0.3 is 0 Å². The van der Waals surface area contributed by atoms with Crippen LogP contribution in [0.3, 0.4) is 0 Å². The van der Waals surface area contributed by atoms with Crippen LogP contribution < -0.4 is 5.32 Å². The Hall–Kier alpha value is -2.21. The zero-order chi connectivity index (χ0) is 14.5. The van der Waals surface area contributed by atoms with Gasteiger partial charge in [0.15, 0.2) is 0 Å². The van der Waals surface area contributed by atoms with E-state index < -0.39 is 0 Å². The van der Waals surface area contributed by atoms with Crippen molar-refractivity contribution in [3.05, 3.63) is 36.3 Å². The Labute approximate surface area is 123 Å². The van der Waals surface area contributed by atoms with Gasteiger partial charge in [-0.3, -0.25) is 14.9 Å². The smallest absolute Gasteiger partial charge is 0.236 e. The second-order valence-corrected chi connectivity index (χ2v) is 5.20. The molecule has 6 heteroatoms. The van der Waals surface area contributed by atoms with Crippen molar-refractivity contribution in [2.75, 3.05) is 19.6 Å². The van der Waals surface area contributed by atoms with Gasteiger partial charge in [-0.15, -0.1) is 0 Å². The molecule has 110 valence electrons. The zero-order valence-electron chi connectivity index (χ0n) is 11.9. The SMILES string of the molecule is O=C(CNCc1cn[nH]c1-c1cccnc1)N1CCCC1. The Morgan fingerprint density at radius 2 is 2.19 bits per heavy atom. The molecule has 1 fully saturated rings. The van der Waals surface area contributed by atoms with E-state index >= 15 is 0 Å². The zero-order valence-corrected chi connectivity index (χ0v) is 11.9. The molecule has 1 aliphatic rings. The number of amides is 1. The standard InChI is InChI=1S/C15H19N5O/c21-14(20-6-1-2-7-20)11-17-9-13-10-18-19-15(13)12-4-3-5-16-8-12/h3-5,8,10,17H,1-2,6-7,9,11H2,(H,18,19). The van der Waals surface area contributed by atoms with Crippen LogP contribution in [0.2, 0.25) is 0 Å². The molecule has 0 unspecified atom stereocenters. The Bertz CT molecular complexity index is 589. The van der Waals surface area contributed by atoms with Crippen LogP contribution >= 0.6 is 0 Å². The predicted octanol–water partition coefficient (Wildman–Crippen LogP) is 1.18. The maximum Gasteiger partial charge on any atom is 0.236 e. The molecule has 2 aromatic heterocycles. The minimum absolute atomic E-state index is 0.180. The van der Waals surface area contributed by atoms with E-state index in [1.165, 1.54) is 0 Å². The summed E-state index contributed by atoms with van der Waals surface area (Å²) in [6.07, 6.45) is 7.58. The molecule has 0 radical (unpaired) electrons. The van der Waals surface area contributed by atoms with Crippen molar-refractivity contribution in [2.24, 2.45) is 0 Å². The summed E-state index contributed by atoms with van der Waals surface area (Å²) in [6.45, 7) is 2.78. The second kappa shape index (κ2) is 6.49. The summed E-state index contributed by atoms with van der Waals surface area (Å²) in [4.78, 5) is 18.0. The lowest BCUT2D eigenvalue weighted by molar-refractivity contribution is -0.129. The van der Waals surface area contributed by atoms with E-state index in [1.807, 2.05) is 17.0 Å². The number of likely N-dealkylation sites (tertiary alicyclic amines) is 1. The lowest BCUT2D eigenvalue weighted by atomic mass is 10.1. The van der Waals surface area contributed by atoms with E-state index in [0.717, 1.165) is 42.8 Å². The number of aromatic nitrogens is 3. The molecule has 0 aliphatic carbocycles.